The van der Waals surface area contributed by atoms with Gasteiger partial charge in [-0.3, -0.25) is 0 Å². The van der Waals surface area contributed by atoms with Gasteiger partial charge in [0.15, 0.2) is 0 Å². The predicted molar refractivity (Wildman–Crippen MR) is 62.5 cm³/mol. The Hall–Kier alpha value is 0.310. The molecule has 13 heavy (non-hydrogen) atoms. The van der Waals surface area contributed by atoms with Crippen molar-refractivity contribution in [2.75, 3.05) is 11.5 Å². The molecule has 78 valence electrons. The number of hydrogen-bond donors (Lipinski definition) is 1. The van der Waals surface area contributed by atoms with Crippen molar-refractivity contribution in [1.29, 1.82) is 0 Å². The first kappa shape index (κ1) is 11.4. The number of hydrogen-bond acceptors (Lipinski definition) is 2. The van der Waals surface area contributed by atoms with Gasteiger partial charge in [0.05, 0.1) is 0 Å². The van der Waals surface area contributed by atoms with E-state index < -0.39 is 0 Å². The van der Waals surface area contributed by atoms with Crippen LogP contribution in [0.3, 0.4) is 0 Å². The number of thioether (sulfide) groups is 1. The Bertz CT molecular complexity index is 119. The van der Waals surface area contributed by atoms with Gasteiger partial charge in [0, 0.05) is 17.8 Å². The summed E-state index contributed by atoms with van der Waals surface area (Å²) in [5, 5.41) is 3.79. The summed E-state index contributed by atoms with van der Waals surface area (Å²) in [6.45, 7) is 4.57. The van der Waals surface area contributed by atoms with E-state index in [9.17, 15) is 0 Å². The Balaban J connectivity index is 2.18. The Morgan fingerprint density at radius 1 is 1.46 bits per heavy atom. The van der Waals surface area contributed by atoms with E-state index >= 15 is 0 Å². The zero-order chi connectivity index (χ0) is 9.52. The molecule has 1 aliphatic heterocycles. The molecule has 1 heterocycles. The van der Waals surface area contributed by atoms with Gasteiger partial charge in [-0.05, 0) is 31.4 Å². The molecule has 1 aliphatic rings. The van der Waals surface area contributed by atoms with Crippen LogP contribution in [0.5, 0.6) is 0 Å². The SMILES string of the molecule is CCCC(CC)NC1CCCSC1. The van der Waals surface area contributed by atoms with Crippen LogP contribution >= 0.6 is 11.8 Å². The van der Waals surface area contributed by atoms with E-state index in [4.69, 9.17) is 0 Å². The van der Waals surface area contributed by atoms with Crippen LogP contribution in [0, 0.1) is 0 Å². The Kier molecular flexibility index (Phi) is 5.88. The third-order valence-corrected chi connectivity index (χ3v) is 3.98. The molecule has 1 N–H and O–H groups in total. The standard InChI is InChI=1S/C11H23NS/c1-3-6-10(4-2)12-11-7-5-8-13-9-11/h10-12H,3-9H2,1-2H3. The van der Waals surface area contributed by atoms with E-state index in [0.29, 0.717) is 0 Å². The fourth-order valence-electron chi connectivity index (χ4n) is 1.96. The maximum atomic E-state index is 3.79. The van der Waals surface area contributed by atoms with E-state index in [2.05, 4.69) is 30.9 Å². The maximum Gasteiger partial charge on any atom is 0.0161 e. The van der Waals surface area contributed by atoms with Crippen molar-refractivity contribution in [3.05, 3.63) is 0 Å². The molecule has 0 spiro atoms. The lowest BCUT2D eigenvalue weighted by Crippen LogP contribution is -2.40. The van der Waals surface area contributed by atoms with Crippen LogP contribution in [0.25, 0.3) is 0 Å². The Morgan fingerprint density at radius 2 is 2.31 bits per heavy atom. The largest absolute Gasteiger partial charge is 0.310 e. The van der Waals surface area contributed by atoms with E-state index in [1.54, 1.807) is 0 Å². The topological polar surface area (TPSA) is 12.0 Å². The Morgan fingerprint density at radius 3 is 2.85 bits per heavy atom. The summed E-state index contributed by atoms with van der Waals surface area (Å²) in [7, 11) is 0. The zero-order valence-electron chi connectivity index (χ0n) is 9.01. The average Bonchev–Trinajstić information content (AvgIpc) is 2.19. The lowest BCUT2D eigenvalue weighted by molar-refractivity contribution is 0.395. The van der Waals surface area contributed by atoms with Gasteiger partial charge in [-0.2, -0.15) is 11.8 Å². The van der Waals surface area contributed by atoms with Crippen LogP contribution in [0.2, 0.25) is 0 Å². The highest BCUT2D eigenvalue weighted by atomic mass is 32.2. The second-order valence-corrected chi connectivity index (χ2v) is 5.12. The normalized spacial score (nSPS) is 25.8. The number of rotatable bonds is 5. The molecule has 0 radical (unpaired) electrons. The minimum absolute atomic E-state index is 0.772. The third-order valence-electron chi connectivity index (χ3n) is 2.76. The third kappa shape index (κ3) is 4.37. The fraction of sp³-hybridized carbons (Fsp3) is 1.00. The van der Waals surface area contributed by atoms with Gasteiger partial charge in [-0.25, -0.2) is 0 Å². The second-order valence-electron chi connectivity index (χ2n) is 3.97. The van der Waals surface area contributed by atoms with E-state index in [0.717, 1.165) is 12.1 Å². The zero-order valence-corrected chi connectivity index (χ0v) is 9.83. The van der Waals surface area contributed by atoms with Gasteiger partial charge in [0.25, 0.3) is 0 Å². The minimum Gasteiger partial charge on any atom is -0.310 e. The van der Waals surface area contributed by atoms with Crippen LogP contribution < -0.4 is 5.32 Å². The first-order chi connectivity index (χ1) is 6.36. The molecule has 1 saturated heterocycles. The van der Waals surface area contributed by atoms with Crippen LogP contribution in [0.1, 0.15) is 46.0 Å². The monoisotopic (exact) mass is 201 g/mol. The van der Waals surface area contributed by atoms with Gasteiger partial charge >= 0.3 is 0 Å². The molecular weight excluding hydrogens is 178 g/mol. The second kappa shape index (κ2) is 6.72. The molecule has 0 saturated carbocycles. The van der Waals surface area contributed by atoms with Crippen molar-refractivity contribution in [1.82, 2.24) is 5.32 Å². The van der Waals surface area contributed by atoms with Crippen molar-refractivity contribution < 1.29 is 0 Å². The summed E-state index contributed by atoms with van der Waals surface area (Å²) >= 11 is 2.11. The van der Waals surface area contributed by atoms with Crippen molar-refractivity contribution in [2.24, 2.45) is 0 Å². The molecule has 0 aliphatic carbocycles. The van der Waals surface area contributed by atoms with Crippen molar-refractivity contribution in [2.45, 2.75) is 58.0 Å². The van der Waals surface area contributed by atoms with Crippen molar-refractivity contribution >= 4 is 11.8 Å². The van der Waals surface area contributed by atoms with Gasteiger partial charge in [-0.1, -0.05) is 20.3 Å². The van der Waals surface area contributed by atoms with Crippen LogP contribution in [-0.2, 0) is 0 Å². The molecule has 0 aromatic heterocycles. The molecular formula is C11H23NS. The van der Waals surface area contributed by atoms with Crippen LogP contribution in [-0.4, -0.2) is 23.6 Å². The van der Waals surface area contributed by atoms with Gasteiger partial charge in [-0.15, -0.1) is 0 Å². The molecule has 1 fully saturated rings. The highest BCUT2D eigenvalue weighted by Crippen LogP contribution is 2.18. The quantitative estimate of drug-likeness (QED) is 0.734. The van der Waals surface area contributed by atoms with Gasteiger partial charge in [0.2, 0.25) is 0 Å². The lowest BCUT2D eigenvalue weighted by Gasteiger charge is -2.27. The Labute approximate surface area is 87.1 Å². The van der Waals surface area contributed by atoms with Crippen LogP contribution in [0.4, 0.5) is 0 Å². The molecule has 2 atom stereocenters. The molecule has 1 nitrogen and oxygen atoms in total. The summed E-state index contributed by atoms with van der Waals surface area (Å²) in [4.78, 5) is 0. The molecule has 1 rings (SSSR count). The molecule has 0 bridgehead atoms. The predicted octanol–water partition coefficient (Wildman–Crippen LogP) is 3.05. The van der Waals surface area contributed by atoms with E-state index in [-0.39, 0.29) is 0 Å². The van der Waals surface area contributed by atoms with Gasteiger partial charge in [0.1, 0.15) is 0 Å². The summed E-state index contributed by atoms with van der Waals surface area (Å²) in [5.41, 5.74) is 0. The molecule has 0 amide bonds. The maximum absolute atomic E-state index is 3.79. The van der Waals surface area contributed by atoms with Crippen molar-refractivity contribution in [3.8, 4) is 0 Å². The van der Waals surface area contributed by atoms with E-state index in [1.165, 1.54) is 43.6 Å². The average molecular weight is 201 g/mol. The minimum atomic E-state index is 0.772. The molecule has 2 heteroatoms. The van der Waals surface area contributed by atoms with E-state index in [1.807, 2.05) is 0 Å². The van der Waals surface area contributed by atoms with Gasteiger partial charge < -0.3 is 5.32 Å². The highest BCUT2D eigenvalue weighted by Gasteiger charge is 2.16. The lowest BCUT2D eigenvalue weighted by atomic mass is 10.1. The summed E-state index contributed by atoms with van der Waals surface area (Å²) < 4.78 is 0. The van der Waals surface area contributed by atoms with Crippen molar-refractivity contribution in [3.63, 3.8) is 0 Å². The summed E-state index contributed by atoms with van der Waals surface area (Å²) in [6.07, 6.45) is 6.75. The fourth-order valence-corrected chi connectivity index (χ4v) is 3.04. The molecule has 0 aromatic rings. The molecule has 2 unspecified atom stereocenters. The highest BCUT2D eigenvalue weighted by molar-refractivity contribution is 7.99. The molecule has 0 aromatic carbocycles. The first-order valence-electron chi connectivity index (χ1n) is 5.70. The van der Waals surface area contributed by atoms with Crippen LogP contribution in [0.15, 0.2) is 0 Å². The smallest absolute Gasteiger partial charge is 0.0161 e. The number of nitrogens with one attached hydrogen (secondary N) is 1. The summed E-state index contributed by atoms with van der Waals surface area (Å²) in [5.74, 6) is 2.71. The first-order valence-corrected chi connectivity index (χ1v) is 6.86. The summed E-state index contributed by atoms with van der Waals surface area (Å²) in [6, 6.07) is 1.57.